The Hall–Kier alpha value is -2.19. The molecule has 8 heteroatoms. The summed E-state index contributed by atoms with van der Waals surface area (Å²) in [4.78, 5) is 13.5. The van der Waals surface area contributed by atoms with Gasteiger partial charge in [0.05, 0.1) is 5.94 Å². The van der Waals surface area contributed by atoms with Gasteiger partial charge in [0.25, 0.3) is 0 Å². The van der Waals surface area contributed by atoms with Crippen LogP contribution in [0.4, 0.5) is 5.82 Å². The highest BCUT2D eigenvalue weighted by Crippen LogP contribution is 2.21. The molecule has 2 rings (SSSR count). The molecule has 1 heterocycles. The summed E-state index contributed by atoms with van der Waals surface area (Å²) in [5.74, 6) is -1.16. The lowest BCUT2D eigenvalue weighted by atomic mass is 9.75. The number of nitrogens with zero attached hydrogens (tertiary/aromatic N) is 3. The molecule has 0 fully saturated rings. The third-order valence-electron chi connectivity index (χ3n) is 2.52. The molecule has 92 valence electrons. The van der Waals surface area contributed by atoms with Gasteiger partial charge in [-0.25, -0.2) is 0 Å². The van der Waals surface area contributed by atoms with Gasteiger partial charge in [-0.3, -0.25) is 0 Å². The monoisotopic (exact) mass is 247 g/mol. The Morgan fingerprint density at radius 3 is 2.50 bits per heavy atom. The molecule has 0 saturated carbocycles. The third kappa shape index (κ3) is 2.39. The summed E-state index contributed by atoms with van der Waals surface area (Å²) in [5, 5.41) is 29.4. The largest absolute Gasteiger partial charge is 0.480 e. The molecule has 0 aliphatic heterocycles. The first-order chi connectivity index (χ1) is 8.59. The zero-order valence-corrected chi connectivity index (χ0v) is 9.25. The van der Waals surface area contributed by atoms with Gasteiger partial charge in [0.2, 0.25) is 6.33 Å². The van der Waals surface area contributed by atoms with Crippen molar-refractivity contribution < 1.29 is 15.0 Å². The van der Waals surface area contributed by atoms with Crippen molar-refractivity contribution in [2.45, 2.75) is 5.94 Å². The van der Waals surface area contributed by atoms with Crippen LogP contribution in [0.3, 0.4) is 0 Å². The van der Waals surface area contributed by atoms with Crippen molar-refractivity contribution in [1.82, 2.24) is 9.55 Å². The summed E-state index contributed by atoms with van der Waals surface area (Å²) in [6, 6.07) is 8.69. The summed E-state index contributed by atoms with van der Waals surface area (Å²) >= 11 is 0. The van der Waals surface area contributed by atoms with E-state index in [2.05, 4.69) is 4.98 Å². The van der Waals surface area contributed by atoms with E-state index in [0.29, 0.717) is 5.56 Å². The number of hydrogen-bond acceptors (Lipinski definition) is 5. The minimum atomic E-state index is -1.68. The Morgan fingerprint density at radius 2 is 2.00 bits per heavy atom. The predicted octanol–water partition coefficient (Wildman–Crippen LogP) is 0.393. The van der Waals surface area contributed by atoms with Crippen LogP contribution in [0.2, 0.25) is 0 Å². The van der Waals surface area contributed by atoms with Gasteiger partial charge in [-0.15, -0.1) is 0 Å². The lowest BCUT2D eigenvalue weighted by Crippen LogP contribution is -2.28. The molecule has 0 radical (unpaired) electrons. The van der Waals surface area contributed by atoms with Crippen LogP contribution in [-0.2, 0) is 0 Å². The summed E-state index contributed by atoms with van der Waals surface area (Å²) in [5.41, 5.74) is 0.625. The van der Waals surface area contributed by atoms with Gasteiger partial charge < -0.3 is 24.7 Å². The van der Waals surface area contributed by atoms with Crippen molar-refractivity contribution >= 4 is 12.9 Å². The molecule has 0 amide bonds. The molecular formula is C10H10BN3O4. The lowest BCUT2D eigenvalue weighted by Gasteiger charge is -2.16. The van der Waals surface area contributed by atoms with E-state index in [1.807, 2.05) is 0 Å². The van der Waals surface area contributed by atoms with Crippen molar-refractivity contribution in [3.8, 4) is 0 Å². The molecule has 1 aromatic heterocycles. The number of rotatable bonds is 4. The van der Waals surface area contributed by atoms with Crippen molar-refractivity contribution in [3.05, 3.63) is 58.5 Å². The number of benzene rings is 1. The maximum absolute atomic E-state index is 10.5. The molecule has 0 bridgehead atoms. The van der Waals surface area contributed by atoms with Crippen LogP contribution in [0.25, 0.3) is 0 Å². The molecule has 1 aromatic carbocycles. The first-order valence-electron chi connectivity index (χ1n) is 5.18. The zero-order valence-electron chi connectivity index (χ0n) is 9.25. The first-order valence-corrected chi connectivity index (χ1v) is 5.18. The molecule has 7 nitrogen and oxygen atoms in total. The smallest absolute Gasteiger partial charge is 0.425 e. The lowest BCUT2D eigenvalue weighted by molar-refractivity contribution is -0.389. The van der Waals surface area contributed by atoms with Gasteiger partial charge in [-0.1, -0.05) is 30.3 Å². The Bertz CT molecular complexity index is 543. The second-order valence-corrected chi connectivity index (χ2v) is 3.71. The van der Waals surface area contributed by atoms with E-state index in [1.165, 1.54) is 10.9 Å². The Labute approximate surface area is 103 Å². The first kappa shape index (κ1) is 12.3. The van der Waals surface area contributed by atoms with Crippen LogP contribution in [0.1, 0.15) is 11.5 Å². The molecular weight excluding hydrogens is 237 g/mol. The van der Waals surface area contributed by atoms with Gasteiger partial charge in [0.15, 0.2) is 0 Å². The molecule has 2 N–H and O–H groups in total. The average molecular weight is 247 g/mol. The fourth-order valence-electron chi connectivity index (χ4n) is 1.72. The SMILES string of the molecule is O=[N+]([O-])c1cn(C(B(O)O)c2ccccc2)cn1. The van der Waals surface area contributed by atoms with Crippen LogP contribution >= 0.6 is 0 Å². The minimum Gasteiger partial charge on any atom is -0.425 e. The van der Waals surface area contributed by atoms with Gasteiger partial charge in [-0.2, -0.15) is 0 Å². The summed E-state index contributed by atoms with van der Waals surface area (Å²) in [6.45, 7) is 0. The zero-order chi connectivity index (χ0) is 13.1. The van der Waals surface area contributed by atoms with Crippen LogP contribution < -0.4 is 0 Å². The van der Waals surface area contributed by atoms with Gasteiger partial charge in [0.1, 0.15) is 6.20 Å². The van der Waals surface area contributed by atoms with Crippen LogP contribution in [0.5, 0.6) is 0 Å². The second kappa shape index (κ2) is 4.99. The average Bonchev–Trinajstić information content (AvgIpc) is 2.79. The number of aromatic nitrogens is 2. The van der Waals surface area contributed by atoms with Gasteiger partial charge >= 0.3 is 12.9 Å². The van der Waals surface area contributed by atoms with E-state index in [4.69, 9.17) is 0 Å². The molecule has 1 unspecified atom stereocenters. The van der Waals surface area contributed by atoms with E-state index < -0.39 is 18.0 Å². The number of imidazole rings is 1. The highest BCUT2D eigenvalue weighted by Gasteiger charge is 2.29. The predicted molar refractivity (Wildman–Crippen MR) is 63.7 cm³/mol. The molecule has 18 heavy (non-hydrogen) atoms. The van der Waals surface area contributed by atoms with E-state index in [-0.39, 0.29) is 5.82 Å². The topological polar surface area (TPSA) is 101 Å². The third-order valence-corrected chi connectivity index (χ3v) is 2.52. The van der Waals surface area contributed by atoms with Crippen molar-refractivity contribution in [3.63, 3.8) is 0 Å². The van der Waals surface area contributed by atoms with E-state index in [1.54, 1.807) is 30.3 Å². The Morgan fingerprint density at radius 1 is 1.33 bits per heavy atom. The van der Waals surface area contributed by atoms with E-state index in [0.717, 1.165) is 6.20 Å². The summed E-state index contributed by atoms with van der Waals surface area (Å²) < 4.78 is 1.30. The quantitative estimate of drug-likeness (QED) is 0.462. The maximum Gasteiger partial charge on any atom is 0.480 e. The van der Waals surface area contributed by atoms with Crippen molar-refractivity contribution in [1.29, 1.82) is 0 Å². The summed E-state index contributed by atoms with van der Waals surface area (Å²) in [7, 11) is -1.68. The van der Waals surface area contributed by atoms with Crippen molar-refractivity contribution in [2.75, 3.05) is 0 Å². The molecule has 0 aliphatic rings. The van der Waals surface area contributed by atoms with Crippen molar-refractivity contribution in [2.24, 2.45) is 0 Å². The minimum absolute atomic E-state index is 0.336. The molecule has 0 spiro atoms. The summed E-state index contributed by atoms with van der Waals surface area (Å²) in [6.07, 6.45) is 2.37. The fourth-order valence-corrected chi connectivity index (χ4v) is 1.72. The van der Waals surface area contributed by atoms with Crippen LogP contribution in [0.15, 0.2) is 42.9 Å². The number of nitro groups is 1. The van der Waals surface area contributed by atoms with Crippen LogP contribution in [0, 0.1) is 10.1 Å². The second-order valence-electron chi connectivity index (χ2n) is 3.71. The Kier molecular flexibility index (Phi) is 3.40. The standard InChI is InChI=1S/C10H10BN3O4/c15-11(16)10(8-4-2-1-3-5-8)13-6-9(12-7-13)14(17)18/h1-7,10,15-16H. The van der Waals surface area contributed by atoms with Gasteiger partial charge in [-0.05, 0) is 15.5 Å². The van der Waals surface area contributed by atoms with Crippen LogP contribution in [-0.4, -0.2) is 31.6 Å². The fraction of sp³-hybridized carbons (Fsp3) is 0.100. The Balaban J connectivity index is 2.39. The van der Waals surface area contributed by atoms with E-state index in [9.17, 15) is 20.2 Å². The highest BCUT2D eigenvalue weighted by molar-refractivity contribution is 6.43. The maximum atomic E-state index is 10.5. The molecule has 1 atom stereocenters. The number of hydrogen-bond donors (Lipinski definition) is 2. The molecule has 2 aromatic rings. The highest BCUT2D eigenvalue weighted by atomic mass is 16.6. The van der Waals surface area contributed by atoms with Gasteiger partial charge in [0, 0.05) is 0 Å². The molecule has 0 aliphatic carbocycles. The van der Waals surface area contributed by atoms with E-state index >= 15 is 0 Å². The normalized spacial score (nSPS) is 12.1. The molecule has 0 saturated heterocycles.